The van der Waals surface area contributed by atoms with Gasteiger partial charge in [-0.2, -0.15) is 0 Å². The van der Waals surface area contributed by atoms with Crippen LogP contribution in [-0.4, -0.2) is 11.2 Å². The summed E-state index contributed by atoms with van der Waals surface area (Å²) in [5.41, 5.74) is 1.32. The van der Waals surface area contributed by atoms with Crippen LogP contribution in [0.2, 0.25) is 0 Å². The van der Waals surface area contributed by atoms with E-state index in [-0.39, 0.29) is 5.92 Å². The minimum atomic E-state index is -0.750. The van der Waals surface area contributed by atoms with Crippen molar-refractivity contribution in [2.45, 2.75) is 31.6 Å². The molecule has 1 radical (unpaired) electrons. The molecule has 1 aliphatic rings. The van der Waals surface area contributed by atoms with Crippen LogP contribution < -0.4 is 0 Å². The van der Waals surface area contributed by atoms with Gasteiger partial charge in [-0.05, 0) is 25.7 Å². The van der Waals surface area contributed by atoms with Crippen molar-refractivity contribution in [3.63, 3.8) is 0 Å². The second kappa shape index (κ2) is 2.98. The summed E-state index contributed by atoms with van der Waals surface area (Å²) in [5.74, 6) is 0.215. The van der Waals surface area contributed by atoms with E-state index in [1.54, 1.807) is 0 Å². The second-order valence-electron chi connectivity index (χ2n) is 3.32. The molecule has 0 N–H and O–H groups in total. The lowest BCUT2D eigenvalue weighted by Crippen LogP contribution is -2.33. The molecule has 2 heteroatoms. The highest BCUT2D eigenvalue weighted by Gasteiger charge is 2.36. The van der Waals surface area contributed by atoms with E-state index in [0.717, 1.165) is 6.42 Å². The molecule has 0 amide bonds. The number of carbonyl (C=O) groups excluding carboxylic acids is 1. The molecule has 0 unspecified atom stereocenters. The van der Waals surface area contributed by atoms with Crippen LogP contribution in [-0.2, 0) is 4.79 Å². The first-order chi connectivity index (χ1) is 5.08. The third-order valence-corrected chi connectivity index (χ3v) is 2.93. The van der Waals surface area contributed by atoms with Crippen molar-refractivity contribution in [3.8, 4) is 0 Å². The van der Waals surface area contributed by atoms with Gasteiger partial charge in [0.15, 0.2) is 0 Å². The Morgan fingerprint density at radius 3 is 2.91 bits per heavy atom. The van der Waals surface area contributed by atoms with Gasteiger partial charge in [0.25, 0.3) is 0 Å². The number of hydrogen-bond donors (Lipinski definition) is 0. The molecule has 0 spiro atoms. The average molecular weight is 172 g/mol. The molecule has 0 aromatic rings. The Hall–Kier alpha value is -0.300. The molecule has 0 saturated carbocycles. The highest BCUT2D eigenvalue weighted by molar-refractivity contribution is 6.32. The van der Waals surface area contributed by atoms with Crippen molar-refractivity contribution in [2.75, 3.05) is 0 Å². The SMILES string of the molecule is CC1=CC[C@](Cl)([C]=O)[C@H](C)C1. The lowest BCUT2D eigenvalue weighted by Gasteiger charge is -2.30. The van der Waals surface area contributed by atoms with Crippen LogP contribution in [0.1, 0.15) is 26.7 Å². The summed E-state index contributed by atoms with van der Waals surface area (Å²) in [6.07, 6.45) is 5.49. The number of rotatable bonds is 1. The smallest absolute Gasteiger partial charge is 0.221 e. The zero-order valence-electron chi connectivity index (χ0n) is 6.86. The van der Waals surface area contributed by atoms with Crippen LogP contribution in [0.25, 0.3) is 0 Å². The third-order valence-electron chi connectivity index (χ3n) is 2.33. The van der Waals surface area contributed by atoms with Gasteiger partial charge >= 0.3 is 0 Å². The predicted octanol–water partition coefficient (Wildman–Crippen LogP) is 2.45. The van der Waals surface area contributed by atoms with Crippen molar-refractivity contribution in [1.29, 1.82) is 0 Å². The maximum atomic E-state index is 10.5. The minimum Gasteiger partial charge on any atom is -0.289 e. The first-order valence-electron chi connectivity index (χ1n) is 3.82. The van der Waals surface area contributed by atoms with Crippen LogP contribution in [0.15, 0.2) is 11.6 Å². The molecule has 0 aliphatic heterocycles. The van der Waals surface area contributed by atoms with E-state index >= 15 is 0 Å². The summed E-state index contributed by atoms with van der Waals surface area (Å²) in [6.45, 7) is 4.06. The van der Waals surface area contributed by atoms with Crippen molar-refractivity contribution in [2.24, 2.45) is 5.92 Å². The van der Waals surface area contributed by atoms with E-state index in [1.165, 1.54) is 5.57 Å². The average Bonchev–Trinajstić information content (AvgIpc) is 1.98. The van der Waals surface area contributed by atoms with Gasteiger partial charge in [0.05, 0.1) is 0 Å². The van der Waals surface area contributed by atoms with E-state index in [4.69, 9.17) is 11.6 Å². The van der Waals surface area contributed by atoms with Crippen LogP contribution >= 0.6 is 11.6 Å². The van der Waals surface area contributed by atoms with E-state index in [1.807, 2.05) is 19.3 Å². The monoisotopic (exact) mass is 171 g/mol. The molecule has 0 heterocycles. The normalized spacial score (nSPS) is 38.1. The Kier molecular flexibility index (Phi) is 2.38. The van der Waals surface area contributed by atoms with Gasteiger partial charge in [0.1, 0.15) is 4.87 Å². The number of alkyl halides is 1. The number of allylic oxidation sites excluding steroid dienone is 2. The summed E-state index contributed by atoms with van der Waals surface area (Å²) >= 11 is 6.01. The summed E-state index contributed by atoms with van der Waals surface area (Å²) in [7, 11) is 0. The molecule has 2 atom stereocenters. The fraction of sp³-hybridized carbons (Fsp3) is 0.667. The van der Waals surface area contributed by atoms with Gasteiger partial charge < -0.3 is 0 Å². The van der Waals surface area contributed by atoms with Gasteiger partial charge in [-0.1, -0.05) is 18.6 Å². The van der Waals surface area contributed by atoms with E-state index in [0.29, 0.717) is 6.42 Å². The molecule has 11 heavy (non-hydrogen) atoms. The van der Waals surface area contributed by atoms with Crippen molar-refractivity contribution in [1.82, 2.24) is 0 Å². The zero-order chi connectivity index (χ0) is 8.48. The quantitative estimate of drug-likeness (QED) is 0.438. The van der Waals surface area contributed by atoms with Gasteiger partial charge in [-0.3, -0.25) is 4.79 Å². The maximum absolute atomic E-state index is 10.5. The fourth-order valence-electron chi connectivity index (χ4n) is 1.39. The van der Waals surface area contributed by atoms with Gasteiger partial charge in [0, 0.05) is 0 Å². The molecular weight excluding hydrogens is 160 g/mol. The Labute approximate surface area is 72.4 Å². The molecule has 0 aromatic carbocycles. The van der Waals surface area contributed by atoms with Crippen molar-refractivity contribution in [3.05, 3.63) is 11.6 Å². The van der Waals surface area contributed by atoms with Crippen LogP contribution in [0.3, 0.4) is 0 Å². The molecule has 1 aliphatic carbocycles. The topological polar surface area (TPSA) is 17.1 Å². The molecular formula is C9H12ClO. The van der Waals surface area contributed by atoms with Crippen LogP contribution in [0, 0.1) is 5.92 Å². The number of halogens is 1. The highest BCUT2D eigenvalue weighted by atomic mass is 35.5. The summed E-state index contributed by atoms with van der Waals surface area (Å²) in [6, 6.07) is 0. The van der Waals surface area contributed by atoms with E-state index < -0.39 is 4.87 Å². The maximum Gasteiger partial charge on any atom is 0.221 e. The van der Waals surface area contributed by atoms with Crippen molar-refractivity contribution < 1.29 is 4.79 Å². The Morgan fingerprint density at radius 2 is 2.45 bits per heavy atom. The summed E-state index contributed by atoms with van der Waals surface area (Å²) < 4.78 is 0. The van der Waals surface area contributed by atoms with Crippen LogP contribution in [0.5, 0.6) is 0 Å². The molecule has 61 valence electrons. The lowest BCUT2D eigenvalue weighted by molar-refractivity contribution is 0.430. The number of hydrogen-bond acceptors (Lipinski definition) is 1. The fourth-order valence-corrected chi connectivity index (χ4v) is 1.55. The Balaban J connectivity index is 2.80. The lowest BCUT2D eigenvalue weighted by atomic mass is 9.81. The molecule has 1 rings (SSSR count). The zero-order valence-corrected chi connectivity index (χ0v) is 7.61. The molecule has 0 fully saturated rings. The summed E-state index contributed by atoms with van der Waals surface area (Å²) in [5, 5.41) is 0. The molecule has 0 aromatic heterocycles. The summed E-state index contributed by atoms with van der Waals surface area (Å²) in [4.78, 5) is 9.76. The standard InChI is InChI=1S/C9H12ClO/c1-7-3-4-9(10,6-11)8(2)5-7/h3,8H,4-5H2,1-2H3/t8-,9+/m1/s1. The third kappa shape index (κ3) is 1.64. The predicted molar refractivity (Wildman–Crippen MR) is 46.4 cm³/mol. The van der Waals surface area contributed by atoms with Gasteiger partial charge in [-0.15, -0.1) is 11.6 Å². The Bertz CT molecular complexity index is 198. The van der Waals surface area contributed by atoms with E-state index in [2.05, 4.69) is 6.92 Å². The Morgan fingerprint density at radius 1 is 1.82 bits per heavy atom. The molecule has 0 saturated heterocycles. The largest absolute Gasteiger partial charge is 0.289 e. The first kappa shape index (κ1) is 8.79. The van der Waals surface area contributed by atoms with E-state index in [9.17, 15) is 4.79 Å². The molecule has 0 bridgehead atoms. The molecule has 1 nitrogen and oxygen atoms in total. The van der Waals surface area contributed by atoms with Crippen LogP contribution in [0.4, 0.5) is 0 Å². The highest BCUT2D eigenvalue weighted by Crippen LogP contribution is 2.36. The second-order valence-corrected chi connectivity index (χ2v) is 4.00. The minimum absolute atomic E-state index is 0.215. The van der Waals surface area contributed by atoms with Gasteiger partial charge in [-0.25, -0.2) is 0 Å². The van der Waals surface area contributed by atoms with Gasteiger partial charge in [0.2, 0.25) is 6.29 Å². The first-order valence-corrected chi connectivity index (χ1v) is 4.20. The van der Waals surface area contributed by atoms with Crippen molar-refractivity contribution >= 4 is 17.9 Å².